The molecule has 0 atom stereocenters. The fourth-order valence-corrected chi connectivity index (χ4v) is 4.31. The Morgan fingerprint density at radius 3 is 2.67 bits per heavy atom. The van der Waals surface area contributed by atoms with Gasteiger partial charge in [0.05, 0.1) is 6.20 Å². The molecule has 1 amide bonds. The van der Waals surface area contributed by atoms with Crippen molar-refractivity contribution < 1.29 is 9.53 Å². The molecular weight excluding hydrogens is 340 g/mol. The van der Waals surface area contributed by atoms with Gasteiger partial charge in [-0.25, -0.2) is 4.98 Å². The first-order chi connectivity index (χ1) is 13.2. The zero-order valence-corrected chi connectivity index (χ0v) is 16.0. The van der Waals surface area contributed by atoms with Crippen LogP contribution in [-0.4, -0.2) is 45.2 Å². The van der Waals surface area contributed by atoms with Crippen LogP contribution >= 0.6 is 0 Å². The normalized spacial score (nSPS) is 19.2. The summed E-state index contributed by atoms with van der Waals surface area (Å²) in [6.45, 7) is 3.61. The van der Waals surface area contributed by atoms with Crippen LogP contribution in [0.5, 0.6) is 5.88 Å². The van der Waals surface area contributed by atoms with Gasteiger partial charge in [0, 0.05) is 36.6 Å². The molecule has 0 aromatic carbocycles. The van der Waals surface area contributed by atoms with Crippen molar-refractivity contribution >= 4 is 5.91 Å². The van der Waals surface area contributed by atoms with Gasteiger partial charge in [0.1, 0.15) is 6.10 Å². The molecule has 27 heavy (non-hydrogen) atoms. The number of carbonyl (C=O) groups excluding carboxylic acids is 1. The molecule has 144 valence electrons. The molecule has 2 aromatic heterocycles. The minimum Gasteiger partial charge on any atom is -0.474 e. The number of nitrogens with one attached hydrogen (secondary N) is 1. The van der Waals surface area contributed by atoms with Crippen molar-refractivity contribution in [2.24, 2.45) is 0 Å². The van der Waals surface area contributed by atoms with Gasteiger partial charge >= 0.3 is 0 Å². The summed E-state index contributed by atoms with van der Waals surface area (Å²) in [5, 5.41) is 7.14. The lowest BCUT2D eigenvalue weighted by molar-refractivity contribution is 0.0711. The van der Waals surface area contributed by atoms with E-state index in [0.717, 1.165) is 44.5 Å². The number of H-pyrrole nitrogens is 1. The third-order valence-electron chi connectivity index (χ3n) is 5.91. The SMILES string of the molecule is Cc1[nH]ncc1C1CCN(C(=O)c2ccnc(OC3CCCCC3)c2)CC1. The number of amides is 1. The second kappa shape index (κ2) is 8.11. The van der Waals surface area contributed by atoms with Gasteiger partial charge in [-0.15, -0.1) is 0 Å². The quantitative estimate of drug-likeness (QED) is 0.890. The minimum absolute atomic E-state index is 0.0771. The lowest BCUT2D eigenvalue weighted by Crippen LogP contribution is -2.38. The van der Waals surface area contributed by atoms with Crippen LogP contribution in [0.2, 0.25) is 0 Å². The van der Waals surface area contributed by atoms with Crippen molar-refractivity contribution in [3.8, 4) is 5.88 Å². The highest BCUT2D eigenvalue weighted by molar-refractivity contribution is 5.94. The Morgan fingerprint density at radius 2 is 1.96 bits per heavy atom. The molecule has 1 N–H and O–H groups in total. The van der Waals surface area contributed by atoms with Gasteiger partial charge in [-0.3, -0.25) is 9.89 Å². The van der Waals surface area contributed by atoms with E-state index in [2.05, 4.69) is 22.1 Å². The Bertz CT molecular complexity index is 774. The smallest absolute Gasteiger partial charge is 0.254 e. The number of aromatic nitrogens is 3. The topological polar surface area (TPSA) is 71.1 Å². The van der Waals surface area contributed by atoms with Crippen LogP contribution in [0.4, 0.5) is 0 Å². The number of piperidine rings is 1. The molecule has 6 heteroatoms. The summed E-state index contributed by atoms with van der Waals surface area (Å²) in [5.41, 5.74) is 3.10. The third-order valence-corrected chi connectivity index (χ3v) is 5.91. The fraction of sp³-hybridized carbons (Fsp3) is 0.571. The Balaban J connectivity index is 1.37. The Kier molecular flexibility index (Phi) is 5.41. The number of pyridine rings is 1. The van der Waals surface area contributed by atoms with Crippen LogP contribution in [0.3, 0.4) is 0 Å². The summed E-state index contributed by atoms with van der Waals surface area (Å²) in [4.78, 5) is 19.2. The van der Waals surface area contributed by atoms with Crippen molar-refractivity contribution in [1.29, 1.82) is 0 Å². The number of likely N-dealkylation sites (tertiary alicyclic amines) is 1. The molecule has 0 bridgehead atoms. The molecule has 0 radical (unpaired) electrons. The number of aromatic amines is 1. The van der Waals surface area contributed by atoms with Crippen molar-refractivity contribution in [3.63, 3.8) is 0 Å². The van der Waals surface area contributed by atoms with Gasteiger partial charge in [0.25, 0.3) is 5.91 Å². The predicted octanol–water partition coefficient (Wildman–Crippen LogP) is 3.84. The number of aryl methyl sites for hydroxylation is 1. The second-order valence-corrected chi connectivity index (χ2v) is 7.78. The summed E-state index contributed by atoms with van der Waals surface area (Å²) in [5.74, 6) is 1.14. The highest BCUT2D eigenvalue weighted by Crippen LogP contribution is 2.30. The molecule has 6 nitrogen and oxygen atoms in total. The van der Waals surface area contributed by atoms with E-state index in [1.807, 2.05) is 17.2 Å². The number of hydrogen-bond acceptors (Lipinski definition) is 4. The lowest BCUT2D eigenvalue weighted by atomic mass is 9.89. The minimum atomic E-state index is 0.0771. The van der Waals surface area contributed by atoms with Crippen LogP contribution in [0.15, 0.2) is 24.5 Å². The molecule has 2 aliphatic rings. The van der Waals surface area contributed by atoms with Gasteiger partial charge in [-0.2, -0.15) is 5.10 Å². The van der Waals surface area contributed by atoms with Gasteiger partial charge in [0.15, 0.2) is 0 Å². The Hall–Kier alpha value is -2.37. The van der Waals surface area contributed by atoms with Crippen LogP contribution in [0.25, 0.3) is 0 Å². The summed E-state index contributed by atoms with van der Waals surface area (Å²) in [6.07, 6.45) is 11.7. The van der Waals surface area contributed by atoms with E-state index in [4.69, 9.17) is 4.74 Å². The number of carbonyl (C=O) groups is 1. The van der Waals surface area contributed by atoms with Crippen LogP contribution in [0, 0.1) is 6.92 Å². The average Bonchev–Trinajstić information content (AvgIpc) is 3.14. The maximum Gasteiger partial charge on any atom is 0.254 e. The van der Waals surface area contributed by atoms with E-state index in [1.54, 1.807) is 12.3 Å². The number of nitrogens with zero attached hydrogens (tertiary/aromatic N) is 3. The maximum atomic E-state index is 12.9. The van der Waals surface area contributed by atoms with E-state index in [0.29, 0.717) is 17.4 Å². The third kappa shape index (κ3) is 4.15. The first-order valence-corrected chi connectivity index (χ1v) is 10.1. The fourth-order valence-electron chi connectivity index (χ4n) is 4.31. The van der Waals surface area contributed by atoms with Gasteiger partial charge in [-0.05, 0) is 63.0 Å². The largest absolute Gasteiger partial charge is 0.474 e. The van der Waals surface area contributed by atoms with Crippen molar-refractivity contribution in [1.82, 2.24) is 20.1 Å². The standard InChI is InChI=1S/C21H28N4O2/c1-15-19(14-23-24-15)16-8-11-25(12-9-16)21(26)17-7-10-22-20(13-17)27-18-5-3-2-4-6-18/h7,10,13-14,16,18H,2-6,8-9,11-12H2,1H3,(H,23,24). The molecular formula is C21H28N4O2. The van der Waals surface area contributed by atoms with E-state index in [1.165, 1.54) is 24.8 Å². The molecule has 0 spiro atoms. The van der Waals surface area contributed by atoms with Crippen LogP contribution in [-0.2, 0) is 0 Å². The van der Waals surface area contributed by atoms with Gasteiger partial charge in [0.2, 0.25) is 5.88 Å². The monoisotopic (exact) mass is 368 g/mol. The first-order valence-electron chi connectivity index (χ1n) is 10.1. The van der Waals surface area contributed by atoms with Gasteiger partial charge < -0.3 is 9.64 Å². The van der Waals surface area contributed by atoms with E-state index >= 15 is 0 Å². The Morgan fingerprint density at radius 1 is 1.19 bits per heavy atom. The predicted molar refractivity (Wildman–Crippen MR) is 103 cm³/mol. The second-order valence-electron chi connectivity index (χ2n) is 7.78. The highest BCUT2D eigenvalue weighted by atomic mass is 16.5. The van der Waals surface area contributed by atoms with Crippen LogP contribution < -0.4 is 4.74 Å². The van der Waals surface area contributed by atoms with Gasteiger partial charge in [-0.1, -0.05) is 6.42 Å². The first kappa shape index (κ1) is 18.0. The molecule has 1 saturated heterocycles. The number of rotatable bonds is 4. The summed E-state index contributed by atoms with van der Waals surface area (Å²) >= 11 is 0. The molecule has 2 aromatic rings. The lowest BCUT2D eigenvalue weighted by Gasteiger charge is -2.32. The van der Waals surface area contributed by atoms with E-state index < -0.39 is 0 Å². The summed E-state index contributed by atoms with van der Waals surface area (Å²) in [6, 6.07) is 3.60. The zero-order valence-electron chi connectivity index (χ0n) is 16.0. The molecule has 3 heterocycles. The molecule has 1 aliphatic carbocycles. The van der Waals surface area contributed by atoms with Crippen molar-refractivity contribution in [2.75, 3.05) is 13.1 Å². The average molecular weight is 368 g/mol. The molecule has 0 unspecified atom stereocenters. The highest BCUT2D eigenvalue weighted by Gasteiger charge is 2.26. The van der Waals surface area contributed by atoms with E-state index in [-0.39, 0.29) is 12.0 Å². The summed E-state index contributed by atoms with van der Waals surface area (Å²) < 4.78 is 6.02. The molecule has 4 rings (SSSR count). The maximum absolute atomic E-state index is 12.9. The molecule has 1 aliphatic heterocycles. The van der Waals surface area contributed by atoms with Crippen LogP contribution in [0.1, 0.15) is 72.5 Å². The molecule has 1 saturated carbocycles. The zero-order chi connectivity index (χ0) is 18.6. The van der Waals surface area contributed by atoms with Crippen molar-refractivity contribution in [2.45, 2.75) is 63.9 Å². The van der Waals surface area contributed by atoms with E-state index in [9.17, 15) is 4.79 Å². The summed E-state index contributed by atoms with van der Waals surface area (Å²) in [7, 11) is 0. The molecule has 2 fully saturated rings. The van der Waals surface area contributed by atoms with Crippen molar-refractivity contribution in [3.05, 3.63) is 41.3 Å². The number of hydrogen-bond donors (Lipinski definition) is 1. The number of ether oxygens (including phenoxy) is 1. The Labute approximate surface area is 160 Å².